The van der Waals surface area contributed by atoms with E-state index < -0.39 is 0 Å². The van der Waals surface area contributed by atoms with Crippen LogP contribution in [0.25, 0.3) is 0 Å². The lowest BCUT2D eigenvalue weighted by Gasteiger charge is -2.30. The van der Waals surface area contributed by atoms with Gasteiger partial charge in [0.05, 0.1) is 0 Å². The molecule has 1 aromatic carbocycles. The van der Waals surface area contributed by atoms with E-state index in [1.807, 2.05) is 37.2 Å². The second-order valence-corrected chi connectivity index (χ2v) is 5.87. The summed E-state index contributed by atoms with van der Waals surface area (Å²) in [4.78, 5) is 16.5. The van der Waals surface area contributed by atoms with Crippen LogP contribution in [-0.2, 0) is 0 Å². The Morgan fingerprint density at radius 2 is 1.89 bits per heavy atom. The van der Waals surface area contributed by atoms with Gasteiger partial charge in [-0.3, -0.25) is 4.79 Å². The van der Waals surface area contributed by atoms with Crippen molar-refractivity contribution < 1.29 is 4.79 Å². The van der Waals surface area contributed by atoms with E-state index in [9.17, 15) is 4.79 Å². The second kappa shape index (κ2) is 5.64. The van der Waals surface area contributed by atoms with Crippen molar-refractivity contribution in [3.8, 4) is 0 Å². The molecule has 2 rings (SSSR count). The van der Waals surface area contributed by atoms with E-state index in [1.165, 1.54) is 5.69 Å². The molecular weight excluding hydrogens is 236 g/mol. The number of carbonyl (C=O) groups excluding carboxylic acids is 1. The van der Waals surface area contributed by atoms with E-state index in [4.69, 9.17) is 0 Å². The molecule has 1 aromatic rings. The molecule has 3 heteroatoms. The van der Waals surface area contributed by atoms with Gasteiger partial charge < -0.3 is 9.80 Å². The smallest absolute Gasteiger partial charge is 0.253 e. The van der Waals surface area contributed by atoms with Gasteiger partial charge in [0.1, 0.15) is 0 Å². The Morgan fingerprint density at radius 3 is 2.42 bits per heavy atom. The molecule has 1 heterocycles. The molecule has 3 nitrogen and oxygen atoms in total. The fourth-order valence-electron chi connectivity index (χ4n) is 2.68. The third kappa shape index (κ3) is 3.09. The number of carbonyl (C=O) groups is 1. The Bertz CT molecular complexity index is 460. The largest absolute Gasteiger partial charge is 0.377 e. The monoisotopic (exact) mass is 260 g/mol. The summed E-state index contributed by atoms with van der Waals surface area (Å²) in [7, 11) is 4.05. The number of hydrogen-bond donors (Lipinski definition) is 0. The molecule has 1 amide bonds. The predicted octanol–water partition coefficient (Wildman–Crippen LogP) is 2.93. The molecule has 0 atom stereocenters. The topological polar surface area (TPSA) is 23.6 Å². The number of rotatable bonds is 2. The minimum absolute atomic E-state index is 0.181. The first-order chi connectivity index (χ1) is 8.99. The summed E-state index contributed by atoms with van der Waals surface area (Å²) in [5, 5.41) is 0. The van der Waals surface area contributed by atoms with Crippen LogP contribution in [0, 0.1) is 12.8 Å². The lowest BCUT2D eigenvalue weighted by molar-refractivity contribution is 0.0697. The Hall–Kier alpha value is -1.51. The first kappa shape index (κ1) is 13.9. The molecule has 0 bridgehead atoms. The predicted molar refractivity (Wildman–Crippen MR) is 79.8 cm³/mol. The third-order valence-electron chi connectivity index (χ3n) is 4.00. The zero-order valence-electron chi connectivity index (χ0n) is 12.4. The highest BCUT2D eigenvalue weighted by atomic mass is 16.2. The highest BCUT2D eigenvalue weighted by Gasteiger charge is 2.21. The van der Waals surface area contributed by atoms with E-state index in [0.29, 0.717) is 0 Å². The summed E-state index contributed by atoms with van der Waals surface area (Å²) < 4.78 is 0. The SMILES string of the molecule is Cc1cc(C(=O)N2CCC(C)CC2)ccc1N(C)C. The van der Waals surface area contributed by atoms with Crippen molar-refractivity contribution >= 4 is 11.6 Å². The molecule has 1 aliphatic rings. The molecule has 19 heavy (non-hydrogen) atoms. The zero-order valence-corrected chi connectivity index (χ0v) is 12.4. The summed E-state index contributed by atoms with van der Waals surface area (Å²) >= 11 is 0. The Labute approximate surface area is 116 Å². The van der Waals surface area contributed by atoms with Crippen molar-refractivity contribution in [2.45, 2.75) is 26.7 Å². The fraction of sp³-hybridized carbons (Fsp3) is 0.562. The Balaban J connectivity index is 2.13. The lowest BCUT2D eigenvalue weighted by atomic mass is 9.98. The average molecular weight is 260 g/mol. The number of anilines is 1. The van der Waals surface area contributed by atoms with E-state index in [0.717, 1.165) is 43.0 Å². The van der Waals surface area contributed by atoms with Crippen molar-refractivity contribution in [2.24, 2.45) is 5.92 Å². The third-order valence-corrected chi connectivity index (χ3v) is 4.00. The first-order valence-electron chi connectivity index (χ1n) is 7.06. The number of amides is 1. The quantitative estimate of drug-likeness (QED) is 0.816. The van der Waals surface area contributed by atoms with Crippen molar-refractivity contribution in [2.75, 3.05) is 32.1 Å². The Kier molecular flexibility index (Phi) is 4.13. The molecule has 104 valence electrons. The molecule has 1 aliphatic heterocycles. The number of likely N-dealkylation sites (tertiary alicyclic amines) is 1. The highest BCUT2D eigenvalue weighted by molar-refractivity contribution is 5.95. The van der Waals surface area contributed by atoms with Gasteiger partial charge in [-0.05, 0) is 49.4 Å². The minimum Gasteiger partial charge on any atom is -0.377 e. The van der Waals surface area contributed by atoms with Crippen LogP contribution in [0.5, 0.6) is 0 Å². The van der Waals surface area contributed by atoms with Gasteiger partial charge in [0.2, 0.25) is 0 Å². The number of nitrogens with zero attached hydrogens (tertiary/aromatic N) is 2. The van der Waals surface area contributed by atoms with Crippen LogP contribution in [-0.4, -0.2) is 38.0 Å². The maximum absolute atomic E-state index is 12.5. The molecule has 0 radical (unpaired) electrons. The molecule has 1 saturated heterocycles. The van der Waals surface area contributed by atoms with Gasteiger partial charge in [-0.15, -0.1) is 0 Å². The molecule has 0 unspecified atom stereocenters. The number of piperidine rings is 1. The van der Waals surface area contributed by atoms with Crippen LogP contribution in [0.2, 0.25) is 0 Å². The zero-order chi connectivity index (χ0) is 14.0. The van der Waals surface area contributed by atoms with Crippen molar-refractivity contribution in [1.82, 2.24) is 4.90 Å². The lowest BCUT2D eigenvalue weighted by Crippen LogP contribution is -2.37. The van der Waals surface area contributed by atoms with Crippen LogP contribution >= 0.6 is 0 Å². The van der Waals surface area contributed by atoms with Crippen LogP contribution in [0.1, 0.15) is 35.7 Å². The standard InChI is InChI=1S/C16H24N2O/c1-12-7-9-18(10-8-12)16(19)14-5-6-15(17(3)4)13(2)11-14/h5-6,11-12H,7-10H2,1-4H3. The normalized spacial score (nSPS) is 16.5. The highest BCUT2D eigenvalue weighted by Crippen LogP contribution is 2.22. The summed E-state index contributed by atoms with van der Waals surface area (Å²) in [6.45, 7) is 6.12. The number of benzene rings is 1. The number of hydrogen-bond acceptors (Lipinski definition) is 2. The van der Waals surface area contributed by atoms with Gasteiger partial charge in [-0.1, -0.05) is 6.92 Å². The van der Waals surface area contributed by atoms with Gasteiger partial charge in [0, 0.05) is 38.4 Å². The number of aryl methyl sites for hydroxylation is 1. The van der Waals surface area contributed by atoms with Crippen LogP contribution in [0.3, 0.4) is 0 Å². The molecule has 0 saturated carbocycles. The van der Waals surface area contributed by atoms with Crippen molar-refractivity contribution in [3.63, 3.8) is 0 Å². The maximum Gasteiger partial charge on any atom is 0.253 e. The summed E-state index contributed by atoms with van der Waals surface area (Å²) in [6.07, 6.45) is 2.25. The fourth-order valence-corrected chi connectivity index (χ4v) is 2.68. The van der Waals surface area contributed by atoms with Crippen LogP contribution in [0.15, 0.2) is 18.2 Å². The maximum atomic E-state index is 12.5. The van der Waals surface area contributed by atoms with E-state index in [2.05, 4.69) is 18.7 Å². The summed E-state index contributed by atoms with van der Waals surface area (Å²) in [5.74, 6) is 0.933. The Morgan fingerprint density at radius 1 is 1.26 bits per heavy atom. The van der Waals surface area contributed by atoms with E-state index >= 15 is 0 Å². The summed E-state index contributed by atoms with van der Waals surface area (Å²) in [5.41, 5.74) is 3.14. The molecular formula is C16H24N2O. The van der Waals surface area contributed by atoms with E-state index in [1.54, 1.807) is 0 Å². The summed E-state index contributed by atoms with van der Waals surface area (Å²) in [6, 6.07) is 5.99. The van der Waals surface area contributed by atoms with Crippen molar-refractivity contribution in [3.05, 3.63) is 29.3 Å². The molecule has 0 spiro atoms. The van der Waals surface area contributed by atoms with Gasteiger partial charge in [0.25, 0.3) is 5.91 Å². The van der Waals surface area contributed by atoms with Gasteiger partial charge in [-0.2, -0.15) is 0 Å². The van der Waals surface area contributed by atoms with Crippen molar-refractivity contribution in [1.29, 1.82) is 0 Å². The second-order valence-electron chi connectivity index (χ2n) is 5.87. The van der Waals surface area contributed by atoms with Crippen LogP contribution in [0.4, 0.5) is 5.69 Å². The van der Waals surface area contributed by atoms with Gasteiger partial charge in [0.15, 0.2) is 0 Å². The van der Waals surface area contributed by atoms with E-state index in [-0.39, 0.29) is 5.91 Å². The van der Waals surface area contributed by atoms with Gasteiger partial charge >= 0.3 is 0 Å². The first-order valence-corrected chi connectivity index (χ1v) is 7.06. The molecule has 0 N–H and O–H groups in total. The van der Waals surface area contributed by atoms with Crippen LogP contribution < -0.4 is 4.90 Å². The average Bonchev–Trinajstić information content (AvgIpc) is 2.38. The molecule has 0 aliphatic carbocycles. The molecule has 1 fully saturated rings. The molecule has 0 aromatic heterocycles. The minimum atomic E-state index is 0.181. The van der Waals surface area contributed by atoms with Gasteiger partial charge in [-0.25, -0.2) is 0 Å².